The van der Waals surface area contributed by atoms with Crippen molar-refractivity contribution in [2.75, 3.05) is 5.73 Å². The van der Waals surface area contributed by atoms with Crippen LogP contribution >= 0.6 is 15.9 Å². The first kappa shape index (κ1) is 10.7. The van der Waals surface area contributed by atoms with E-state index in [1.807, 2.05) is 6.07 Å². The van der Waals surface area contributed by atoms with Crippen molar-refractivity contribution >= 4 is 21.6 Å². The zero-order chi connectivity index (χ0) is 11.7. The van der Waals surface area contributed by atoms with Crippen molar-refractivity contribution in [1.29, 1.82) is 5.26 Å². The Bertz CT molecular complexity index is 583. The Morgan fingerprint density at radius 3 is 2.88 bits per heavy atom. The highest BCUT2D eigenvalue weighted by Crippen LogP contribution is 2.26. The number of aromatic nitrogens is 1. The van der Waals surface area contributed by atoms with Gasteiger partial charge in [-0.25, -0.2) is 4.39 Å². The lowest BCUT2D eigenvalue weighted by Gasteiger charge is -2.09. The van der Waals surface area contributed by atoms with Crippen molar-refractivity contribution < 1.29 is 4.39 Å². The number of anilines is 1. The molecule has 5 heteroatoms. The predicted octanol–water partition coefficient (Wildman–Crippen LogP) is 2.83. The van der Waals surface area contributed by atoms with E-state index in [4.69, 9.17) is 11.0 Å². The molecular weight excluding hydrogens is 273 g/mol. The van der Waals surface area contributed by atoms with Crippen LogP contribution < -0.4 is 5.73 Å². The van der Waals surface area contributed by atoms with Gasteiger partial charge in [-0.1, -0.05) is 0 Å². The number of halogens is 2. The van der Waals surface area contributed by atoms with Gasteiger partial charge in [-0.15, -0.1) is 0 Å². The van der Waals surface area contributed by atoms with Crippen molar-refractivity contribution in [2.24, 2.45) is 0 Å². The molecule has 1 aromatic carbocycles. The number of nitriles is 1. The molecule has 2 rings (SSSR count). The number of hydrogen-bond donors (Lipinski definition) is 1. The zero-order valence-corrected chi connectivity index (χ0v) is 9.70. The highest BCUT2D eigenvalue weighted by molar-refractivity contribution is 9.10. The molecule has 0 saturated carbocycles. The van der Waals surface area contributed by atoms with Gasteiger partial charge in [-0.3, -0.25) is 0 Å². The minimum Gasteiger partial charge on any atom is -0.397 e. The Labute approximate surface area is 100 Å². The minimum atomic E-state index is -0.415. The van der Waals surface area contributed by atoms with Gasteiger partial charge in [-0.2, -0.15) is 5.26 Å². The largest absolute Gasteiger partial charge is 0.397 e. The lowest BCUT2D eigenvalue weighted by molar-refractivity contribution is 0.620. The van der Waals surface area contributed by atoms with Gasteiger partial charge in [0.25, 0.3) is 0 Å². The Morgan fingerprint density at radius 1 is 1.44 bits per heavy atom. The maximum absolute atomic E-state index is 13.4. The second kappa shape index (κ2) is 3.99. The number of nitrogens with two attached hydrogens (primary N) is 1. The van der Waals surface area contributed by atoms with Crippen molar-refractivity contribution in [3.8, 4) is 11.8 Å². The quantitative estimate of drug-likeness (QED) is 0.816. The third kappa shape index (κ3) is 1.68. The fraction of sp³-hybridized carbons (Fsp3) is 0. The molecule has 0 atom stereocenters. The molecule has 2 aromatic rings. The van der Waals surface area contributed by atoms with Crippen LogP contribution in [0.25, 0.3) is 5.69 Å². The van der Waals surface area contributed by atoms with E-state index in [1.54, 1.807) is 22.9 Å². The molecule has 0 spiro atoms. The predicted molar refractivity (Wildman–Crippen MR) is 62.6 cm³/mol. The first-order valence-electron chi connectivity index (χ1n) is 4.46. The molecule has 0 radical (unpaired) electrons. The summed E-state index contributed by atoms with van der Waals surface area (Å²) in [6, 6.07) is 8.12. The van der Waals surface area contributed by atoms with Crippen LogP contribution in [0.4, 0.5) is 10.1 Å². The first-order valence-corrected chi connectivity index (χ1v) is 5.25. The number of rotatable bonds is 1. The van der Waals surface area contributed by atoms with E-state index in [9.17, 15) is 4.39 Å². The van der Waals surface area contributed by atoms with Crippen LogP contribution in [0.5, 0.6) is 0 Å². The van der Waals surface area contributed by atoms with Crippen LogP contribution in [0, 0.1) is 17.1 Å². The number of nitrogens with zero attached hydrogens (tertiary/aromatic N) is 2. The molecule has 0 aliphatic heterocycles. The third-order valence-corrected chi connectivity index (χ3v) is 2.80. The van der Waals surface area contributed by atoms with Gasteiger partial charge in [0.15, 0.2) is 0 Å². The molecule has 2 N–H and O–H groups in total. The summed E-state index contributed by atoms with van der Waals surface area (Å²) >= 11 is 3.05. The highest BCUT2D eigenvalue weighted by atomic mass is 79.9. The summed E-state index contributed by atoms with van der Waals surface area (Å²) in [6.07, 6.45) is 1.66. The van der Waals surface area contributed by atoms with Crippen LogP contribution in [-0.2, 0) is 0 Å². The van der Waals surface area contributed by atoms with Crippen molar-refractivity contribution in [3.63, 3.8) is 0 Å². The Morgan fingerprint density at radius 2 is 2.19 bits per heavy atom. The van der Waals surface area contributed by atoms with Gasteiger partial charge < -0.3 is 10.3 Å². The summed E-state index contributed by atoms with van der Waals surface area (Å²) in [5.41, 5.74) is 7.05. The summed E-state index contributed by atoms with van der Waals surface area (Å²) in [7, 11) is 0. The Hall–Kier alpha value is -1.80. The molecule has 0 amide bonds. The smallest absolute Gasteiger partial charge is 0.139 e. The summed E-state index contributed by atoms with van der Waals surface area (Å²) in [5, 5.41) is 8.87. The topological polar surface area (TPSA) is 54.7 Å². The van der Waals surface area contributed by atoms with E-state index in [1.165, 1.54) is 12.1 Å². The number of benzene rings is 1. The van der Waals surface area contributed by atoms with Gasteiger partial charge >= 0.3 is 0 Å². The fourth-order valence-electron chi connectivity index (χ4n) is 1.44. The molecule has 80 valence electrons. The van der Waals surface area contributed by atoms with E-state index < -0.39 is 5.82 Å². The molecule has 0 fully saturated rings. The third-order valence-electron chi connectivity index (χ3n) is 2.19. The van der Waals surface area contributed by atoms with Crippen LogP contribution in [-0.4, -0.2) is 4.57 Å². The molecule has 0 bridgehead atoms. The van der Waals surface area contributed by atoms with Crippen molar-refractivity contribution in [3.05, 3.63) is 46.4 Å². The molecule has 16 heavy (non-hydrogen) atoms. The standard InChI is InChI=1S/C11H7BrFN3/c12-8-4-10(15)11(5-9(8)13)16-3-1-2-7(16)6-14/h1-5H,15H2. The average molecular weight is 280 g/mol. The lowest BCUT2D eigenvalue weighted by Crippen LogP contribution is -2.01. The van der Waals surface area contributed by atoms with Crippen molar-refractivity contribution in [2.45, 2.75) is 0 Å². The summed E-state index contributed by atoms with van der Waals surface area (Å²) in [6.45, 7) is 0. The summed E-state index contributed by atoms with van der Waals surface area (Å²) < 4.78 is 15.2. The maximum Gasteiger partial charge on any atom is 0.139 e. The minimum absolute atomic E-state index is 0.305. The van der Waals surface area contributed by atoms with E-state index in [2.05, 4.69) is 15.9 Å². The first-order chi connectivity index (χ1) is 7.63. The number of hydrogen-bond acceptors (Lipinski definition) is 2. The average Bonchev–Trinajstić information content (AvgIpc) is 2.71. The zero-order valence-electron chi connectivity index (χ0n) is 8.11. The second-order valence-electron chi connectivity index (χ2n) is 3.20. The highest BCUT2D eigenvalue weighted by Gasteiger charge is 2.09. The molecule has 1 heterocycles. The molecule has 0 unspecified atom stereocenters. The molecule has 0 saturated heterocycles. The van der Waals surface area contributed by atoms with E-state index in [0.717, 1.165) is 0 Å². The van der Waals surface area contributed by atoms with Gasteiger partial charge in [0, 0.05) is 12.3 Å². The van der Waals surface area contributed by atoms with E-state index in [-0.39, 0.29) is 0 Å². The molecular formula is C11H7BrFN3. The van der Waals surface area contributed by atoms with Crippen LogP contribution in [0.3, 0.4) is 0 Å². The molecule has 1 aromatic heterocycles. The summed E-state index contributed by atoms with van der Waals surface area (Å²) in [5.74, 6) is -0.415. The number of nitrogen functional groups attached to an aromatic ring is 1. The lowest BCUT2D eigenvalue weighted by atomic mass is 10.2. The fourth-order valence-corrected chi connectivity index (χ4v) is 1.80. The van der Waals surface area contributed by atoms with Crippen LogP contribution in [0.2, 0.25) is 0 Å². The Kier molecular flexibility index (Phi) is 2.67. The van der Waals surface area contributed by atoms with Gasteiger partial charge in [0.05, 0.1) is 15.8 Å². The normalized spacial score (nSPS) is 10.1. The van der Waals surface area contributed by atoms with Gasteiger partial charge in [0.2, 0.25) is 0 Å². The molecule has 3 nitrogen and oxygen atoms in total. The van der Waals surface area contributed by atoms with Crippen molar-refractivity contribution in [1.82, 2.24) is 4.57 Å². The SMILES string of the molecule is N#Cc1cccn1-c1cc(F)c(Br)cc1N. The van der Waals surface area contributed by atoms with E-state index in [0.29, 0.717) is 21.5 Å². The Balaban J connectivity index is 2.66. The van der Waals surface area contributed by atoms with E-state index >= 15 is 0 Å². The van der Waals surface area contributed by atoms with Gasteiger partial charge in [-0.05, 0) is 34.1 Å². The van der Waals surface area contributed by atoms with Crippen LogP contribution in [0.15, 0.2) is 34.9 Å². The molecule has 0 aliphatic rings. The van der Waals surface area contributed by atoms with Gasteiger partial charge in [0.1, 0.15) is 17.6 Å². The summed E-state index contributed by atoms with van der Waals surface area (Å²) in [4.78, 5) is 0. The van der Waals surface area contributed by atoms with Crippen LogP contribution in [0.1, 0.15) is 5.69 Å². The molecule has 0 aliphatic carbocycles. The monoisotopic (exact) mass is 279 g/mol. The second-order valence-corrected chi connectivity index (χ2v) is 4.05. The maximum atomic E-state index is 13.4.